The third-order valence-electron chi connectivity index (χ3n) is 5.03. The number of carboxylic acids is 1. The summed E-state index contributed by atoms with van der Waals surface area (Å²) in [5, 5.41) is 13.0. The second-order valence-electron chi connectivity index (χ2n) is 7.03. The molecular weight excluding hydrogens is 353 g/mol. The molecule has 8 heteroatoms. The summed E-state index contributed by atoms with van der Waals surface area (Å²) in [6.07, 6.45) is 0.952. The molecule has 1 N–H and O–H groups in total. The molecule has 2 aromatic rings. The Morgan fingerprint density at radius 2 is 2.19 bits per heavy atom. The van der Waals surface area contributed by atoms with E-state index in [2.05, 4.69) is 10.1 Å². The third-order valence-corrected chi connectivity index (χ3v) is 5.03. The van der Waals surface area contributed by atoms with Crippen molar-refractivity contribution in [1.29, 1.82) is 0 Å². The zero-order chi connectivity index (χ0) is 19.6. The van der Waals surface area contributed by atoms with Gasteiger partial charge in [0.05, 0.1) is 5.92 Å². The van der Waals surface area contributed by atoms with Gasteiger partial charge in [0.2, 0.25) is 17.6 Å². The van der Waals surface area contributed by atoms with Crippen molar-refractivity contribution in [2.45, 2.75) is 33.1 Å². The summed E-state index contributed by atoms with van der Waals surface area (Å²) in [5.74, 6) is -1.09. The maximum absolute atomic E-state index is 13.7. The number of likely N-dealkylation sites (tertiary alicyclic amines) is 1. The van der Waals surface area contributed by atoms with Crippen LogP contribution in [0.15, 0.2) is 22.7 Å². The second-order valence-corrected chi connectivity index (χ2v) is 7.03. The number of aryl methyl sites for hydroxylation is 2. The number of aliphatic carboxylic acids is 1. The van der Waals surface area contributed by atoms with Gasteiger partial charge >= 0.3 is 5.97 Å². The van der Waals surface area contributed by atoms with Gasteiger partial charge in [-0.25, -0.2) is 4.39 Å². The van der Waals surface area contributed by atoms with Crippen molar-refractivity contribution in [3.05, 3.63) is 35.5 Å². The van der Waals surface area contributed by atoms with Crippen LogP contribution in [0.4, 0.5) is 4.39 Å². The number of carbonyl (C=O) groups excluding carboxylic acids is 1. The molecule has 0 spiro atoms. The van der Waals surface area contributed by atoms with E-state index in [-0.39, 0.29) is 36.3 Å². The number of benzene rings is 1. The number of aromatic nitrogens is 2. The predicted octanol–water partition coefficient (Wildman–Crippen LogP) is 2.69. The van der Waals surface area contributed by atoms with Gasteiger partial charge in [-0.05, 0) is 30.9 Å². The van der Waals surface area contributed by atoms with Crippen LogP contribution in [0.1, 0.15) is 31.2 Å². The monoisotopic (exact) mass is 375 g/mol. The van der Waals surface area contributed by atoms with E-state index in [1.807, 2.05) is 6.92 Å². The SMILES string of the molecule is Cc1ccc(-c2noc(CCC(=O)N3CCC(C(=O)O)C(C)C3)n2)cc1F. The number of amides is 1. The van der Waals surface area contributed by atoms with Crippen molar-refractivity contribution in [2.75, 3.05) is 13.1 Å². The van der Waals surface area contributed by atoms with Gasteiger partial charge in [-0.3, -0.25) is 9.59 Å². The first kappa shape index (κ1) is 19.0. The average molecular weight is 375 g/mol. The van der Waals surface area contributed by atoms with E-state index in [0.29, 0.717) is 36.5 Å². The van der Waals surface area contributed by atoms with Crippen LogP contribution in [0.25, 0.3) is 11.4 Å². The summed E-state index contributed by atoms with van der Waals surface area (Å²) in [6, 6.07) is 4.71. The Labute approximate surface area is 156 Å². The van der Waals surface area contributed by atoms with Crippen LogP contribution in [0, 0.1) is 24.6 Å². The van der Waals surface area contributed by atoms with Gasteiger partial charge in [0.25, 0.3) is 0 Å². The van der Waals surface area contributed by atoms with E-state index >= 15 is 0 Å². The van der Waals surface area contributed by atoms with Crippen molar-refractivity contribution in [2.24, 2.45) is 11.8 Å². The molecule has 144 valence electrons. The Bertz CT molecular complexity index is 851. The Hall–Kier alpha value is -2.77. The zero-order valence-electron chi connectivity index (χ0n) is 15.3. The molecule has 1 aliphatic rings. The normalized spacial score (nSPS) is 19.9. The fourth-order valence-electron chi connectivity index (χ4n) is 3.32. The highest BCUT2D eigenvalue weighted by Gasteiger charge is 2.32. The van der Waals surface area contributed by atoms with Gasteiger partial charge in [0.1, 0.15) is 5.82 Å². The van der Waals surface area contributed by atoms with Gasteiger partial charge in [-0.2, -0.15) is 4.98 Å². The lowest BCUT2D eigenvalue weighted by atomic mass is 9.87. The topological polar surface area (TPSA) is 96.5 Å². The fourth-order valence-corrected chi connectivity index (χ4v) is 3.32. The van der Waals surface area contributed by atoms with Crippen LogP contribution in [0.5, 0.6) is 0 Å². The molecule has 1 aromatic heterocycles. The molecule has 1 saturated heterocycles. The van der Waals surface area contributed by atoms with E-state index < -0.39 is 11.9 Å². The highest BCUT2D eigenvalue weighted by molar-refractivity contribution is 5.77. The molecule has 2 unspecified atom stereocenters. The van der Waals surface area contributed by atoms with Crippen LogP contribution < -0.4 is 0 Å². The molecule has 1 fully saturated rings. The minimum absolute atomic E-state index is 0.0631. The maximum Gasteiger partial charge on any atom is 0.306 e. The van der Waals surface area contributed by atoms with Crippen molar-refractivity contribution in [3.8, 4) is 11.4 Å². The molecule has 3 rings (SSSR count). The third kappa shape index (κ3) is 4.32. The highest BCUT2D eigenvalue weighted by atomic mass is 19.1. The van der Waals surface area contributed by atoms with E-state index in [9.17, 15) is 14.0 Å². The Kier molecular flexibility index (Phi) is 5.53. The molecule has 27 heavy (non-hydrogen) atoms. The lowest BCUT2D eigenvalue weighted by Crippen LogP contribution is -2.45. The number of halogens is 1. The summed E-state index contributed by atoms with van der Waals surface area (Å²) in [5.41, 5.74) is 1.05. The van der Waals surface area contributed by atoms with Crippen LogP contribution in [-0.2, 0) is 16.0 Å². The van der Waals surface area contributed by atoms with Crippen LogP contribution in [0.2, 0.25) is 0 Å². The summed E-state index contributed by atoms with van der Waals surface area (Å²) < 4.78 is 18.8. The molecule has 2 heterocycles. The van der Waals surface area contributed by atoms with E-state index in [1.54, 1.807) is 24.0 Å². The minimum atomic E-state index is -0.805. The Balaban J connectivity index is 1.56. The van der Waals surface area contributed by atoms with Crippen LogP contribution >= 0.6 is 0 Å². The zero-order valence-corrected chi connectivity index (χ0v) is 15.3. The van der Waals surface area contributed by atoms with Gasteiger partial charge < -0.3 is 14.5 Å². The standard InChI is InChI=1S/C19H22FN3O4/c1-11-3-4-13(9-15(11)20)18-21-16(27-22-18)5-6-17(24)23-8-7-14(19(25)26)12(2)10-23/h3-4,9,12,14H,5-8,10H2,1-2H3,(H,25,26). The molecule has 7 nitrogen and oxygen atoms in total. The number of hydrogen-bond acceptors (Lipinski definition) is 5. The van der Waals surface area contributed by atoms with Gasteiger partial charge in [-0.1, -0.05) is 24.2 Å². The van der Waals surface area contributed by atoms with Crippen molar-refractivity contribution in [3.63, 3.8) is 0 Å². The fraction of sp³-hybridized carbons (Fsp3) is 0.474. The average Bonchev–Trinajstić information content (AvgIpc) is 3.10. The number of carbonyl (C=O) groups is 2. The molecule has 1 aliphatic heterocycles. The van der Waals surface area contributed by atoms with Crippen molar-refractivity contribution < 1.29 is 23.6 Å². The summed E-state index contributed by atoms with van der Waals surface area (Å²) in [6.45, 7) is 4.40. The molecule has 0 radical (unpaired) electrons. The number of carboxylic acid groups (broad SMARTS) is 1. The number of hydrogen-bond donors (Lipinski definition) is 1. The lowest BCUT2D eigenvalue weighted by Gasteiger charge is -2.34. The molecule has 2 atom stereocenters. The molecule has 0 aliphatic carbocycles. The van der Waals surface area contributed by atoms with Crippen LogP contribution in [0.3, 0.4) is 0 Å². The van der Waals surface area contributed by atoms with Gasteiger partial charge in [-0.15, -0.1) is 0 Å². The molecule has 1 aromatic carbocycles. The smallest absolute Gasteiger partial charge is 0.306 e. The van der Waals surface area contributed by atoms with Gasteiger partial charge in [0, 0.05) is 31.5 Å². The Morgan fingerprint density at radius 3 is 2.85 bits per heavy atom. The maximum atomic E-state index is 13.7. The predicted molar refractivity (Wildman–Crippen MR) is 94.2 cm³/mol. The largest absolute Gasteiger partial charge is 0.481 e. The summed E-state index contributed by atoms with van der Waals surface area (Å²) in [7, 11) is 0. The highest BCUT2D eigenvalue weighted by Crippen LogP contribution is 2.24. The summed E-state index contributed by atoms with van der Waals surface area (Å²) >= 11 is 0. The first-order chi connectivity index (χ1) is 12.8. The lowest BCUT2D eigenvalue weighted by molar-refractivity contribution is -0.148. The first-order valence-electron chi connectivity index (χ1n) is 8.95. The van der Waals surface area contributed by atoms with E-state index in [1.165, 1.54) is 6.07 Å². The van der Waals surface area contributed by atoms with E-state index in [4.69, 9.17) is 9.63 Å². The first-order valence-corrected chi connectivity index (χ1v) is 8.95. The van der Waals surface area contributed by atoms with Crippen molar-refractivity contribution in [1.82, 2.24) is 15.0 Å². The van der Waals surface area contributed by atoms with Crippen LogP contribution in [-0.4, -0.2) is 45.1 Å². The Morgan fingerprint density at radius 1 is 1.41 bits per heavy atom. The van der Waals surface area contributed by atoms with E-state index in [0.717, 1.165) is 0 Å². The summed E-state index contributed by atoms with van der Waals surface area (Å²) in [4.78, 5) is 29.5. The number of piperidine rings is 1. The minimum Gasteiger partial charge on any atom is -0.481 e. The molecule has 0 saturated carbocycles. The second kappa shape index (κ2) is 7.85. The molecule has 1 amide bonds. The number of nitrogens with zero attached hydrogens (tertiary/aromatic N) is 3. The van der Waals surface area contributed by atoms with Gasteiger partial charge in [0.15, 0.2) is 0 Å². The molecule has 0 bridgehead atoms. The van der Waals surface area contributed by atoms with Crippen molar-refractivity contribution >= 4 is 11.9 Å². The number of rotatable bonds is 5. The molecular formula is C19H22FN3O4. The quantitative estimate of drug-likeness (QED) is 0.863.